The van der Waals surface area contributed by atoms with Gasteiger partial charge in [-0.05, 0) is 41.1 Å². The van der Waals surface area contributed by atoms with E-state index in [0.717, 1.165) is 4.88 Å². The molecule has 0 spiro atoms. The third-order valence-corrected chi connectivity index (χ3v) is 6.47. The van der Waals surface area contributed by atoms with Crippen LogP contribution in [0.15, 0.2) is 38.2 Å². The molecule has 1 aromatic carbocycles. The number of carbonyl (C=O) groups excluding carboxylic acids is 1. The van der Waals surface area contributed by atoms with E-state index < -0.39 is 10.0 Å². The molecule has 0 aliphatic carbocycles. The minimum Gasteiger partial charge on any atom is -0.302 e. The molecule has 10 heteroatoms. The standard InChI is InChI=1S/C13H13Br2N3O3S2/c1-8-7-16-13(22-8)18-12(19)4-5-17-23(20,21)11-6-9(14)2-3-10(11)15/h2-3,6-7,17H,4-5H2,1H3,(H,16,18,19). The number of aryl methyl sites for hydroxylation is 1. The first kappa shape index (κ1) is 18.5. The molecule has 0 aliphatic heterocycles. The van der Waals surface area contributed by atoms with Gasteiger partial charge in [-0.15, -0.1) is 11.3 Å². The Morgan fingerprint density at radius 2 is 2.09 bits per heavy atom. The molecule has 0 atom stereocenters. The number of amides is 1. The van der Waals surface area contributed by atoms with Crippen LogP contribution < -0.4 is 10.0 Å². The van der Waals surface area contributed by atoms with Crippen molar-refractivity contribution in [2.24, 2.45) is 0 Å². The average Bonchev–Trinajstić information content (AvgIpc) is 2.86. The number of aromatic nitrogens is 1. The Labute approximate surface area is 155 Å². The van der Waals surface area contributed by atoms with Gasteiger partial charge in [-0.25, -0.2) is 18.1 Å². The zero-order chi connectivity index (χ0) is 17.0. The molecule has 2 N–H and O–H groups in total. The smallest absolute Gasteiger partial charge is 0.241 e. The number of anilines is 1. The fourth-order valence-electron chi connectivity index (χ4n) is 1.65. The summed E-state index contributed by atoms with van der Waals surface area (Å²) in [5.41, 5.74) is 0. The van der Waals surface area contributed by atoms with Gasteiger partial charge in [0, 0.05) is 33.0 Å². The largest absolute Gasteiger partial charge is 0.302 e. The number of benzene rings is 1. The molecule has 0 unspecified atom stereocenters. The highest BCUT2D eigenvalue weighted by molar-refractivity contribution is 9.11. The lowest BCUT2D eigenvalue weighted by atomic mass is 10.4. The number of carbonyl (C=O) groups is 1. The van der Waals surface area contributed by atoms with E-state index in [4.69, 9.17) is 0 Å². The van der Waals surface area contributed by atoms with Gasteiger partial charge in [-0.2, -0.15) is 0 Å². The number of nitrogens with one attached hydrogen (secondary N) is 2. The second kappa shape index (κ2) is 7.84. The molecule has 0 fully saturated rings. The van der Waals surface area contributed by atoms with Crippen LogP contribution in [-0.4, -0.2) is 25.9 Å². The van der Waals surface area contributed by atoms with Crippen molar-refractivity contribution in [2.45, 2.75) is 18.2 Å². The molecular weight excluding hydrogens is 470 g/mol. The summed E-state index contributed by atoms with van der Waals surface area (Å²) in [6, 6.07) is 4.85. The van der Waals surface area contributed by atoms with Gasteiger partial charge < -0.3 is 5.32 Å². The van der Waals surface area contributed by atoms with Crippen molar-refractivity contribution in [3.05, 3.63) is 38.2 Å². The van der Waals surface area contributed by atoms with Crippen molar-refractivity contribution in [2.75, 3.05) is 11.9 Å². The molecule has 6 nitrogen and oxygen atoms in total. The lowest BCUT2D eigenvalue weighted by Crippen LogP contribution is -2.28. The van der Waals surface area contributed by atoms with E-state index in [1.165, 1.54) is 17.4 Å². The molecule has 0 radical (unpaired) electrons. The number of halogens is 2. The minimum atomic E-state index is -3.70. The van der Waals surface area contributed by atoms with Crippen LogP contribution in [0, 0.1) is 6.92 Å². The molecule has 1 amide bonds. The summed E-state index contributed by atoms with van der Waals surface area (Å²) in [6.07, 6.45) is 1.68. The van der Waals surface area contributed by atoms with Gasteiger partial charge in [0.05, 0.1) is 4.90 Å². The lowest BCUT2D eigenvalue weighted by molar-refractivity contribution is -0.116. The fourth-order valence-corrected chi connectivity index (χ4v) is 4.87. The van der Waals surface area contributed by atoms with Crippen LogP contribution in [0.1, 0.15) is 11.3 Å². The maximum absolute atomic E-state index is 12.2. The topological polar surface area (TPSA) is 88.2 Å². The number of hydrogen-bond donors (Lipinski definition) is 2. The van der Waals surface area contributed by atoms with Crippen LogP contribution in [0.3, 0.4) is 0 Å². The molecule has 0 aliphatic rings. The molecule has 2 aromatic rings. The van der Waals surface area contributed by atoms with Crippen LogP contribution in [0.4, 0.5) is 5.13 Å². The summed E-state index contributed by atoms with van der Waals surface area (Å²) in [4.78, 5) is 16.9. The van der Waals surface area contributed by atoms with E-state index in [1.54, 1.807) is 18.3 Å². The van der Waals surface area contributed by atoms with E-state index in [9.17, 15) is 13.2 Å². The molecule has 124 valence electrons. The Balaban J connectivity index is 1.92. The molecule has 0 saturated carbocycles. The third-order valence-electron chi connectivity index (χ3n) is 2.69. The highest BCUT2D eigenvalue weighted by Crippen LogP contribution is 2.25. The van der Waals surface area contributed by atoms with Gasteiger partial charge in [0.2, 0.25) is 15.9 Å². The number of hydrogen-bond acceptors (Lipinski definition) is 5. The second-order valence-corrected chi connectivity index (χ2v) is 9.29. The number of thiazole rings is 1. The molecule has 0 saturated heterocycles. The van der Waals surface area contributed by atoms with Crippen molar-refractivity contribution >= 4 is 64.3 Å². The van der Waals surface area contributed by atoms with Crippen LogP contribution in [0.5, 0.6) is 0 Å². The summed E-state index contributed by atoms with van der Waals surface area (Å²) in [6.45, 7) is 1.88. The Kier molecular flexibility index (Phi) is 6.32. The summed E-state index contributed by atoms with van der Waals surface area (Å²) in [5, 5.41) is 3.13. The highest BCUT2D eigenvalue weighted by atomic mass is 79.9. The summed E-state index contributed by atoms with van der Waals surface area (Å²) in [5.74, 6) is -0.296. The highest BCUT2D eigenvalue weighted by Gasteiger charge is 2.18. The van der Waals surface area contributed by atoms with Crippen LogP contribution in [-0.2, 0) is 14.8 Å². The molecular formula is C13H13Br2N3O3S2. The monoisotopic (exact) mass is 481 g/mol. The Bertz CT molecular complexity index is 822. The van der Waals surface area contributed by atoms with Crippen molar-refractivity contribution < 1.29 is 13.2 Å². The Hall–Kier alpha value is -0.810. The fraction of sp³-hybridized carbons (Fsp3) is 0.231. The summed E-state index contributed by atoms with van der Waals surface area (Å²) >= 11 is 7.81. The number of rotatable bonds is 6. The zero-order valence-corrected chi connectivity index (χ0v) is 16.8. The van der Waals surface area contributed by atoms with Crippen molar-refractivity contribution in [1.82, 2.24) is 9.71 Å². The van der Waals surface area contributed by atoms with Crippen LogP contribution >= 0.6 is 43.2 Å². The van der Waals surface area contributed by atoms with Gasteiger partial charge in [0.25, 0.3) is 0 Å². The average molecular weight is 483 g/mol. The van der Waals surface area contributed by atoms with E-state index in [0.29, 0.717) is 14.1 Å². The third kappa shape index (κ3) is 5.35. The lowest BCUT2D eigenvalue weighted by Gasteiger charge is -2.09. The summed E-state index contributed by atoms with van der Waals surface area (Å²) in [7, 11) is -3.70. The number of sulfonamides is 1. The molecule has 1 aromatic heterocycles. The number of nitrogens with zero attached hydrogens (tertiary/aromatic N) is 1. The minimum absolute atomic E-state index is 0.00250. The van der Waals surface area contributed by atoms with E-state index in [2.05, 4.69) is 46.9 Å². The van der Waals surface area contributed by atoms with Crippen molar-refractivity contribution in [1.29, 1.82) is 0 Å². The second-order valence-electron chi connectivity index (χ2n) is 4.55. The van der Waals surface area contributed by atoms with Gasteiger partial charge >= 0.3 is 0 Å². The van der Waals surface area contributed by atoms with Crippen molar-refractivity contribution in [3.63, 3.8) is 0 Å². The van der Waals surface area contributed by atoms with E-state index in [1.807, 2.05) is 6.92 Å². The van der Waals surface area contributed by atoms with Gasteiger partial charge in [-0.3, -0.25) is 4.79 Å². The van der Waals surface area contributed by atoms with Gasteiger partial charge in [0.1, 0.15) is 0 Å². The van der Waals surface area contributed by atoms with Gasteiger partial charge in [0.15, 0.2) is 5.13 Å². The predicted octanol–water partition coefficient (Wildman–Crippen LogP) is 3.28. The zero-order valence-electron chi connectivity index (χ0n) is 12.0. The predicted molar refractivity (Wildman–Crippen MR) is 97.1 cm³/mol. The maximum atomic E-state index is 12.2. The first-order chi connectivity index (χ1) is 10.8. The Morgan fingerprint density at radius 3 is 2.74 bits per heavy atom. The first-order valence-corrected chi connectivity index (χ1v) is 10.3. The van der Waals surface area contributed by atoms with Crippen LogP contribution in [0.25, 0.3) is 0 Å². The molecule has 23 heavy (non-hydrogen) atoms. The summed E-state index contributed by atoms with van der Waals surface area (Å²) < 4.78 is 28.0. The van der Waals surface area contributed by atoms with Crippen molar-refractivity contribution in [3.8, 4) is 0 Å². The quantitative estimate of drug-likeness (QED) is 0.661. The SMILES string of the molecule is Cc1cnc(NC(=O)CCNS(=O)(=O)c2cc(Br)ccc2Br)s1. The van der Waals surface area contributed by atoms with Gasteiger partial charge in [-0.1, -0.05) is 15.9 Å². The maximum Gasteiger partial charge on any atom is 0.241 e. The molecule has 1 heterocycles. The molecule has 2 rings (SSSR count). The molecule has 0 bridgehead atoms. The van der Waals surface area contributed by atoms with E-state index >= 15 is 0 Å². The van der Waals surface area contributed by atoms with Crippen LogP contribution in [0.2, 0.25) is 0 Å². The normalized spacial score (nSPS) is 11.4. The Morgan fingerprint density at radius 1 is 1.35 bits per heavy atom. The first-order valence-electron chi connectivity index (χ1n) is 6.45. The van der Waals surface area contributed by atoms with E-state index in [-0.39, 0.29) is 23.8 Å².